The van der Waals surface area contributed by atoms with Gasteiger partial charge in [-0.15, -0.1) is 0 Å². The fraction of sp³-hybridized carbons (Fsp3) is 0.318. The van der Waals surface area contributed by atoms with Crippen molar-refractivity contribution in [2.24, 2.45) is 4.99 Å². The van der Waals surface area contributed by atoms with Crippen LogP contribution in [0.2, 0.25) is 0 Å². The van der Waals surface area contributed by atoms with E-state index in [9.17, 15) is 4.39 Å². The summed E-state index contributed by atoms with van der Waals surface area (Å²) in [5.41, 5.74) is 6.19. The van der Waals surface area contributed by atoms with Gasteiger partial charge in [0.2, 0.25) is 0 Å². The number of hydrogen-bond donors (Lipinski definition) is 1. The van der Waals surface area contributed by atoms with Crippen LogP contribution < -0.4 is 5.32 Å². The van der Waals surface area contributed by atoms with Crippen LogP contribution in [0.3, 0.4) is 0 Å². The first-order valence-corrected chi connectivity index (χ1v) is 9.63. The summed E-state index contributed by atoms with van der Waals surface area (Å²) in [4.78, 5) is 9.44. The predicted molar refractivity (Wildman–Crippen MR) is 106 cm³/mol. The van der Waals surface area contributed by atoms with Crippen LogP contribution in [-0.4, -0.2) is 41.8 Å². The van der Waals surface area contributed by atoms with E-state index in [0.29, 0.717) is 5.56 Å². The molecule has 1 saturated heterocycles. The fourth-order valence-corrected chi connectivity index (χ4v) is 3.72. The maximum Gasteiger partial charge on any atom is 0.137 e. The normalized spacial score (nSPS) is 21.6. The van der Waals surface area contributed by atoms with Crippen LogP contribution in [0.5, 0.6) is 0 Å². The molecule has 27 heavy (non-hydrogen) atoms. The highest BCUT2D eigenvalue weighted by Crippen LogP contribution is 2.39. The Kier molecular flexibility index (Phi) is 3.97. The molecule has 0 radical (unpaired) electrons. The van der Waals surface area contributed by atoms with Crippen molar-refractivity contribution in [3.8, 4) is 0 Å². The minimum atomic E-state index is -0.184. The lowest BCUT2D eigenvalue weighted by molar-refractivity contribution is 0.303. The van der Waals surface area contributed by atoms with E-state index in [4.69, 9.17) is 4.99 Å². The zero-order valence-corrected chi connectivity index (χ0v) is 15.5. The summed E-state index contributed by atoms with van der Waals surface area (Å²) < 4.78 is 14.1. The lowest BCUT2D eigenvalue weighted by Crippen LogP contribution is -2.43. The Morgan fingerprint density at radius 3 is 2.67 bits per heavy atom. The van der Waals surface area contributed by atoms with Crippen LogP contribution in [-0.2, 0) is 0 Å². The van der Waals surface area contributed by atoms with E-state index in [0.717, 1.165) is 56.1 Å². The molecule has 1 aliphatic carbocycles. The van der Waals surface area contributed by atoms with Gasteiger partial charge in [-0.2, -0.15) is 0 Å². The largest absolute Gasteiger partial charge is 0.368 e. The smallest absolute Gasteiger partial charge is 0.137 e. The average Bonchev–Trinajstić information content (AvgIpc) is 3.55. The van der Waals surface area contributed by atoms with E-state index in [-0.39, 0.29) is 5.82 Å². The molecule has 4 nitrogen and oxygen atoms in total. The van der Waals surface area contributed by atoms with E-state index in [2.05, 4.69) is 39.5 Å². The molecule has 1 N–H and O–H groups in total. The van der Waals surface area contributed by atoms with E-state index < -0.39 is 0 Å². The summed E-state index contributed by atoms with van der Waals surface area (Å²) in [6, 6.07) is 5.36. The monoisotopic (exact) mass is 362 g/mol. The molecular formula is C22H23FN4. The van der Waals surface area contributed by atoms with Gasteiger partial charge in [-0.05, 0) is 55.2 Å². The Morgan fingerprint density at radius 1 is 1.11 bits per heavy atom. The minimum Gasteiger partial charge on any atom is -0.368 e. The summed E-state index contributed by atoms with van der Waals surface area (Å²) in [6.07, 6.45) is 10.8. The highest BCUT2D eigenvalue weighted by molar-refractivity contribution is 6.02. The number of benzene rings is 1. The van der Waals surface area contributed by atoms with E-state index >= 15 is 0 Å². The third-order valence-electron chi connectivity index (χ3n) is 5.49. The van der Waals surface area contributed by atoms with Gasteiger partial charge in [-0.25, -0.2) is 9.38 Å². The predicted octanol–water partition coefficient (Wildman–Crippen LogP) is 3.55. The van der Waals surface area contributed by atoms with Crippen molar-refractivity contribution < 1.29 is 4.39 Å². The summed E-state index contributed by atoms with van der Waals surface area (Å²) in [5, 5.41) is 3.40. The molecule has 0 aromatic heterocycles. The van der Waals surface area contributed by atoms with Gasteiger partial charge >= 0.3 is 0 Å². The lowest BCUT2D eigenvalue weighted by Gasteiger charge is -2.35. The molecule has 1 saturated carbocycles. The molecule has 5 rings (SSSR count). The number of allylic oxidation sites excluding steroid dienone is 3. The minimum absolute atomic E-state index is 0.184. The maximum atomic E-state index is 14.1. The Labute approximate surface area is 159 Å². The molecule has 138 valence electrons. The molecule has 2 fully saturated rings. The Hall–Kier alpha value is -2.66. The number of amidine groups is 1. The van der Waals surface area contributed by atoms with Gasteiger partial charge in [0, 0.05) is 43.6 Å². The van der Waals surface area contributed by atoms with Crippen LogP contribution in [0.25, 0.3) is 5.70 Å². The zero-order valence-electron chi connectivity index (χ0n) is 15.5. The second-order valence-corrected chi connectivity index (χ2v) is 7.45. The standard InChI is InChI=1S/C22H23FN4/c1-15-2-3-17(12-19(15)23)20-13-21(16-4-5-16)27-14-18(6-7-22(27)25-20)26-10-8-24-9-11-26/h2-3,6-7,12-14,24H,4-5,8-11H2,1H3. The van der Waals surface area contributed by atoms with Crippen molar-refractivity contribution in [2.75, 3.05) is 26.2 Å². The second kappa shape index (κ2) is 6.50. The number of fused-ring (bicyclic) bond motifs is 1. The van der Waals surface area contributed by atoms with Crippen molar-refractivity contribution in [2.45, 2.75) is 19.8 Å². The molecule has 3 aliphatic heterocycles. The van der Waals surface area contributed by atoms with Crippen molar-refractivity contribution in [3.63, 3.8) is 0 Å². The number of hydrogen-bond acceptors (Lipinski definition) is 4. The highest BCUT2D eigenvalue weighted by Gasteiger charge is 2.28. The average molecular weight is 362 g/mol. The highest BCUT2D eigenvalue weighted by atomic mass is 19.1. The molecular weight excluding hydrogens is 339 g/mol. The number of aryl methyl sites for hydroxylation is 1. The number of nitrogens with zero attached hydrogens (tertiary/aromatic N) is 3. The van der Waals surface area contributed by atoms with Gasteiger partial charge in [-0.1, -0.05) is 12.1 Å². The summed E-state index contributed by atoms with van der Waals surface area (Å²) in [7, 11) is 0. The number of nitrogens with one attached hydrogen (secondary N) is 1. The van der Waals surface area contributed by atoms with Gasteiger partial charge in [0.25, 0.3) is 0 Å². The van der Waals surface area contributed by atoms with Gasteiger partial charge in [0.05, 0.1) is 11.4 Å². The van der Waals surface area contributed by atoms with E-state index in [1.165, 1.54) is 17.0 Å². The second-order valence-electron chi connectivity index (χ2n) is 7.45. The molecule has 1 aromatic carbocycles. The fourth-order valence-electron chi connectivity index (χ4n) is 3.72. The quantitative estimate of drug-likeness (QED) is 0.873. The summed E-state index contributed by atoms with van der Waals surface area (Å²) in [5.74, 6) is 0.721. The van der Waals surface area contributed by atoms with Crippen LogP contribution >= 0.6 is 0 Å². The third-order valence-corrected chi connectivity index (χ3v) is 5.49. The first-order chi connectivity index (χ1) is 13.2. The van der Waals surface area contributed by atoms with Crippen LogP contribution in [0.15, 0.2) is 64.6 Å². The molecule has 0 unspecified atom stereocenters. The summed E-state index contributed by atoms with van der Waals surface area (Å²) >= 11 is 0. The van der Waals surface area contributed by atoms with Crippen molar-refractivity contribution >= 4 is 11.5 Å². The number of aliphatic imine (C=N–C) groups is 1. The van der Waals surface area contributed by atoms with Crippen molar-refractivity contribution in [1.82, 2.24) is 15.1 Å². The maximum absolute atomic E-state index is 14.1. The SMILES string of the molecule is Cc1ccc(C2=CC(=C3CC3)N3C=C(N4CCNCC4)C=CC3=N2)cc1F. The van der Waals surface area contributed by atoms with Crippen LogP contribution in [0.4, 0.5) is 4.39 Å². The number of piperazine rings is 1. The zero-order chi connectivity index (χ0) is 18.4. The molecule has 1 aromatic rings. The Balaban J connectivity index is 1.51. The molecule has 0 amide bonds. The third kappa shape index (κ3) is 3.12. The first kappa shape index (κ1) is 16.5. The molecule has 4 aliphatic rings. The van der Waals surface area contributed by atoms with Gasteiger partial charge in [-0.3, -0.25) is 4.90 Å². The van der Waals surface area contributed by atoms with Crippen LogP contribution in [0, 0.1) is 12.7 Å². The van der Waals surface area contributed by atoms with E-state index in [1.807, 2.05) is 12.1 Å². The number of halogens is 1. The molecule has 0 atom stereocenters. The first-order valence-electron chi connectivity index (χ1n) is 9.63. The van der Waals surface area contributed by atoms with Gasteiger partial charge < -0.3 is 10.2 Å². The van der Waals surface area contributed by atoms with Crippen molar-refractivity contribution in [1.29, 1.82) is 0 Å². The van der Waals surface area contributed by atoms with Gasteiger partial charge in [0.1, 0.15) is 11.7 Å². The molecule has 5 heteroatoms. The van der Waals surface area contributed by atoms with Gasteiger partial charge in [0.15, 0.2) is 0 Å². The van der Waals surface area contributed by atoms with Crippen molar-refractivity contribution in [3.05, 3.63) is 76.5 Å². The molecule has 3 heterocycles. The number of rotatable bonds is 2. The summed E-state index contributed by atoms with van der Waals surface area (Å²) in [6.45, 7) is 5.86. The molecule has 0 bridgehead atoms. The topological polar surface area (TPSA) is 30.9 Å². The van der Waals surface area contributed by atoms with Crippen LogP contribution in [0.1, 0.15) is 24.0 Å². The Morgan fingerprint density at radius 2 is 1.93 bits per heavy atom. The molecule has 0 spiro atoms. The Bertz CT molecular complexity index is 939. The van der Waals surface area contributed by atoms with E-state index in [1.54, 1.807) is 13.0 Å². The lowest BCUT2D eigenvalue weighted by atomic mass is 10.1.